The number of ether oxygens (including phenoxy) is 2. The van der Waals surface area contributed by atoms with Gasteiger partial charge in [-0.3, -0.25) is 9.69 Å². The summed E-state index contributed by atoms with van der Waals surface area (Å²) < 4.78 is 10.8. The Bertz CT molecular complexity index is 658. The van der Waals surface area contributed by atoms with Crippen LogP contribution in [0.3, 0.4) is 0 Å². The van der Waals surface area contributed by atoms with Crippen LogP contribution in [0.2, 0.25) is 0 Å². The SMILES string of the molecule is CCC(CC)C(=O)N1CCN(C(C#N)c2ccc3c(c2)OCO3)CC1. The van der Waals surface area contributed by atoms with E-state index in [0.29, 0.717) is 31.9 Å². The van der Waals surface area contributed by atoms with Gasteiger partial charge >= 0.3 is 0 Å². The van der Waals surface area contributed by atoms with Gasteiger partial charge in [0.25, 0.3) is 0 Å². The molecule has 1 unspecified atom stereocenters. The zero-order valence-corrected chi connectivity index (χ0v) is 14.9. The minimum absolute atomic E-state index is 0.118. The zero-order chi connectivity index (χ0) is 17.8. The van der Waals surface area contributed by atoms with Crippen LogP contribution in [0.5, 0.6) is 11.5 Å². The van der Waals surface area contributed by atoms with Gasteiger partial charge in [-0.05, 0) is 30.5 Å². The number of fused-ring (bicyclic) bond motifs is 1. The summed E-state index contributed by atoms with van der Waals surface area (Å²) in [7, 11) is 0. The fourth-order valence-electron chi connectivity index (χ4n) is 3.55. The maximum absolute atomic E-state index is 12.5. The highest BCUT2D eigenvalue weighted by Gasteiger charge is 2.30. The highest BCUT2D eigenvalue weighted by molar-refractivity contribution is 5.78. The molecule has 3 rings (SSSR count). The lowest BCUT2D eigenvalue weighted by Crippen LogP contribution is -2.50. The van der Waals surface area contributed by atoms with Gasteiger partial charge in [-0.2, -0.15) is 5.26 Å². The van der Waals surface area contributed by atoms with E-state index in [9.17, 15) is 10.1 Å². The molecule has 0 radical (unpaired) electrons. The summed E-state index contributed by atoms with van der Waals surface area (Å²) >= 11 is 0. The third-order valence-corrected chi connectivity index (χ3v) is 5.16. The second kappa shape index (κ2) is 7.75. The Morgan fingerprint density at radius 2 is 1.84 bits per heavy atom. The molecule has 0 spiro atoms. The molecule has 2 heterocycles. The van der Waals surface area contributed by atoms with Crippen molar-refractivity contribution in [3.8, 4) is 17.6 Å². The summed E-state index contributed by atoms with van der Waals surface area (Å²) in [6.07, 6.45) is 1.77. The predicted octanol–water partition coefficient (Wildman–Crippen LogP) is 2.56. The standard InChI is InChI=1S/C19H25N3O3/c1-3-14(4-2)19(23)22-9-7-21(8-10-22)16(12-20)15-5-6-17-18(11-15)25-13-24-17/h5-6,11,14,16H,3-4,7-10,13H2,1-2H3. The van der Waals surface area contributed by atoms with Gasteiger partial charge in [-0.15, -0.1) is 0 Å². The Labute approximate surface area is 148 Å². The van der Waals surface area contributed by atoms with Gasteiger partial charge in [0.1, 0.15) is 6.04 Å². The fraction of sp³-hybridized carbons (Fsp3) is 0.579. The van der Waals surface area contributed by atoms with Crippen LogP contribution >= 0.6 is 0 Å². The molecule has 1 aromatic carbocycles. The molecule has 134 valence electrons. The molecule has 1 atom stereocenters. The number of piperazine rings is 1. The molecule has 25 heavy (non-hydrogen) atoms. The van der Waals surface area contributed by atoms with Crippen LogP contribution in [0.25, 0.3) is 0 Å². The van der Waals surface area contributed by atoms with Gasteiger partial charge in [0.15, 0.2) is 11.5 Å². The Balaban J connectivity index is 1.65. The smallest absolute Gasteiger partial charge is 0.231 e. The number of rotatable bonds is 5. The summed E-state index contributed by atoms with van der Waals surface area (Å²) in [5.41, 5.74) is 0.909. The quantitative estimate of drug-likeness (QED) is 0.822. The monoisotopic (exact) mass is 343 g/mol. The van der Waals surface area contributed by atoms with E-state index in [1.165, 1.54) is 0 Å². The number of amides is 1. The van der Waals surface area contributed by atoms with Crippen LogP contribution in [0.4, 0.5) is 0 Å². The lowest BCUT2D eigenvalue weighted by Gasteiger charge is -2.38. The summed E-state index contributed by atoms with van der Waals surface area (Å²) in [6.45, 7) is 7.13. The fourth-order valence-corrected chi connectivity index (χ4v) is 3.55. The van der Waals surface area contributed by atoms with Crippen molar-refractivity contribution in [3.05, 3.63) is 23.8 Å². The van der Waals surface area contributed by atoms with E-state index in [2.05, 4.69) is 24.8 Å². The summed E-state index contributed by atoms with van der Waals surface area (Å²) in [6, 6.07) is 7.72. The average Bonchev–Trinajstić information content (AvgIpc) is 3.12. The van der Waals surface area contributed by atoms with E-state index in [-0.39, 0.29) is 24.7 Å². The predicted molar refractivity (Wildman–Crippen MR) is 93.1 cm³/mol. The highest BCUT2D eigenvalue weighted by Crippen LogP contribution is 2.35. The van der Waals surface area contributed by atoms with Crippen LogP contribution in [-0.2, 0) is 4.79 Å². The number of nitriles is 1. The number of hydrogen-bond donors (Lipinski definition) is 0. The molecule has 0 aromatic heterocycles. The number of nitrogens with zero attached hydrogens (tertiary/aromatic N) is 3. The Hall–Kier alpha value is -2.26. The highest BCUT2D eigenvalue weighted by atomic mass is 16.7. The second-order valence-electron chi connectivity index (χ2n) is 6.52. The maximum atomic E-state index is 12.5. The minimum Gasteiger partial charge on any atom is -0.454 e. The molecule has 1 saturated heterocycles. The first kappa shape index (κ1) is 17.6. The summed E-state index contributed by atoms with van der Waals surface area (Å²) in [4.78, 5) is 16.6. The molecule has 0 saturated carbocycles. The van der Waals surface area contributed by atoms with E-state index in [1.54, 1.807) is 0 Å². The Morgan fingerprint density at radius 1 is 1.16 bits per heavy atom. The van der Waals surface area contributed by atoms with Crippen LogP contribution in [0.15, 0.2) is 18.2 Å². The molecule has 0 N–H and O–H groups in total. The first-order chi connectivity index (χ1) is 12.2. The molecular weight excluding hydrogens is 318 g/mol. The molecule has 2 aliphatic heterocycles. The van der Waals surface area contributed by atoms with Gasteiger partial charge < -0.3 is 14.4 Å². The van der Waals surface area contributed by atoms with Crippen molar-refractivity contribution in [1.82, 2.24) is 9.80 Å². The van der Waals surface area contributed by atoms with E-state index in [0.717, 1.165) is 24.2 Å². The molecule has 1 fully saturated rings. The van der Waals surface area contributed by atoms with Gasteiger partial charge in [-0.1, -0.05) is 19.9 Å². The van der Waals surface area contributed by atoms with Gasteiger partial charge in [-0.25, -0.2) is 0 Å². The largest absolute Gasteiger partial charge is 0.454 e. The van der Waals surface area contributed by atoms with E-state index in [1.807, 2.05) is 23.1 Å². The first-order valence-corrected chi connectivity index (χ1v) is 8.99. The van der Waals surface area contributed by atoms with Crippen molar-refractivity contribution in [2.24, 2.45) is 5.92 Å². The lowest BCUT2D eigenvalue weighted by molar-refractivity contribution is -0.137. The zero-order valence-electron chi connectivity index (χ0n) is 14.9. The van der Waals surface area contributed by atoms with Crippen molar-refractivity contribution in [3.63, 3.8) is 0 Å². The normalized spacial score (nSPS) is 18.2. The molecule has 6 nitrogen and oxygen atoms in total. The Morgan fingerprint density at radius 3 is 2.48 bits per heavy atom. The van der Waals surface area contributed by atoms with Crippen molar-refractivity contribution < 1.29 is 14.3 Å². The molecular formula is C19H25N3O3. The third kappa shape index (κ3) is 3.57. The Kier molecular flexibility index (Phi) is 5.44. The molecule has 0 aliphatic carbocycles. The number of carbonyl (C=O) groups excluding carboxylic acids is 1. The van der Waals surface area contributed by atoms with Crippen molar-refractivity contribution in [1.29, 1.82) is 5.26 Å². The number of hydrogen-bond acceptors (Lipinski definition) is 5. The van der Waals surface area contributed by atoms with Gasteiger partial charge in [0.05, 0.1) is 6.07 Å². The topological polar surface area (TPSA) is 65.8 Å². The van der Waals surface area contributed by atoms with Crippen LogP contribution < -0.4 is 9.47 Å². The van der Waals surface area contributed by atoms with E-state index < -0.39 is 0 Å². The molecule has 1 amide bonds. The molecule has 1 aromatic rings. The second-order valence-corrected chi connectivity index (χ2v) is 6.52. The summed E-state index contributed by atoms with van der Waals surface area (Å²) in [5, 5.41) is 9.68. The van der Waals surface area contributed by atoms with Crippen molar-refractivity contribution in [2.45, 2.75) is 32.7 Å². The van der Waals surface area contributed by atoms with Crippen molar-refractivity contribution in [2.75, 3.05) is 33.0 Å². The first-order valence-electron chi connectivity index (χ1n) is 8.99. The lowest BCUT2D eigenvalue weighted by atomic mass is 10.0. The van der Waals surface area contributed by atoms with Gasteiger partial charge in [0.2, 0.25) is 12.7 Å². The molecule has 2 aliphatic rings. The van der Waals surface area contributed by atoms with Crippen molar-refractivity contribution >= 4 is 5.91 Å². The van der Waals surface area contributed by atoms with E-state index in [4.69, 9.17) is 9.47 Å². The minimum atomic E-state index is -0.333. The maximum Gasteiger partial charge on any atom is 0.231 e. The van der Waals surface area contributed by atoms with Gasteiger partial charge in [0, 0.05) is 32.1 Å². The van der Waals surface area contributed by atoms with Crippen LogP contribution in [0, 0.1) is 17.2 Å². The number of carbonyl (C=O) groups is 1. The van der Waals surface area contributed by atoms with Crippen LogP contribution in [-0.4, -0.2) is 48.7 Å². The van der Waals surface area contributed by atoms with E-state index >= 15 is 0 Å². The number of benzene rings is 1. The average molecular weight is 343 g/mol. The molecule has 0 bridgehead atoms. The van der Waals surface area contributed by atoms with Crippen LogP contribution in [0.1, 0.15) is 38.3 Å². The third-order valence-electron chi connectivity index (χ3n) is 5.16. The summed E-state index contributed by atoms with van der Waals surface area (Å²) in [5.74, 6) is 1.79. The molecule has 6 heteroatoms.